The minimum atomic E-state index is 0. The first-order chi connectivity index (χ1) is 8.76. The van der Waals surface area contributed by atoms with Crippen LogP contribution in [0.3, 0.4) is 0 Å². The van der Waals surface area contributed by atoms with Crippen LogP contribution in [0.5, 0.6) is 0 Å². The third-order valence-corrected chi connectivity index (χ3v) is 4.39. The topological polar surface area (TPSA) is 63.3 Å². The van der Waals surface area contributed by atoms with Gasteiger partial charge in [0.1, 0.15) is 5.82 Å². The van der Waals surface area contributed by atoms with Crippen LogP contribution in [-0.2, 0) is 0 Å². The molecule has 4 nitrogen and oxygen atoms in total. The predicted molar refractivity (Wildman–Crippen MR) is 88.8 cm³/mol. The lowest BCUT2D eigenvalue weighted by molar-refractivity contribution is 0.307. The molecule has 2 fully saturated rings. The van der Waals surface area contributed by atoms with Crippen molar-refractivity contribution in [2.24, 2.45) is 22.1 Å². The summed E-state index contributed by atoms with van der Waals surface area (Å²) in [6, 6.07) is 5.70. The summed E-state index contributed by atoms with van der Waals surface area (Å²) in [5.74, 6) is 2.20. The van der Waals surface area contributed by atoms with E-state index >= 15 is 0 Å². The van der Waals surface area contributed by atoms with Crippen molar-refractivity contribution in [1.82, 2.24) is 4.98 Å². The highest BCUT2D eigenvalue weighted by Crippen LogP contribution is 2.54. The highest BCUT2D eigenvalue weighted by Gasteiger charge is 2.44. The first-order valence-electron chi connectivity index (χ1n) is 6.74. The number of pyridine rings is 1. The fourth-order valence-corrected chi connectivity index (χ4v) is 3.39. The summed E-state index contributed by atoms with van der Waals surface area (Å²) in [6.45, 7) is 0.870. The molecule has 2 aliphatic carbocycles. The van der Waals surface area contributed by atoms with Gasteiger partial charge in [-0.2, -0.15) is 0 Å². The van der Waals surface area contributed by atoms with Crippen LogP contribution in [0.2, 0.25) is 0 Å². The number of nitrogens with one attached hydrogen (secondary N) is 1. The van der Waals surface area contributed by atoms with Crippen molar-refractivity contribution in [2.45, 2.75) is 32.1 Å². The van der Waals surface area contributed by atoms with E-state index in [0.29, 0.717) is 11.4 Å². The Morgan fingerprint density at radius 3 is 2.79 bits per heavy atom. The highest BCUT2D eigenvalue weighted by molar-refractivity contribution is 14.0. The van der Waals surface area contributed by atoms with E-state index in [2.05, 4.69) is 15.3 Å². The fraction of sp³-hybridized carbons (Fsp3) is 0.571. The third-order valence-electron chi connectivity index (χ3n) is 4.39. The fourth-order valence-electron chi connectivity index (χ4n) is 3.39. The summed E-state index contributed by atoms with van der Waals surface area (Å²) in [5.41, 5.74) is 6.37. The van der Waals surface area contributed by atoms with Gasteiger partial charge in [0.05, 0.1) is 0 Å². The molecule has 0 atom stereocenters. The Bertz CT molecular complexity index is 438. The predicted octanol–water partition coefficient (Wildman–Crippen LogP) is 3.01. The molecule has 1 aromatic heterocycles. The first-order valence-corrected chi connectivity index (χ1v) is 6.74. The first kappa shape index (κ1) is 14.6. The molecule has 0 aromatic carbocycles. The zero-order valence-corrected chi connectivity index (χ0v) is 13.3. The molecule has 0 amide bonds. The van der Waals surface area contributed by atoms with Crippen molar-refractivity contribution in [3.63, 3.8) is 0 Å². The van der Waals surface area contributed by atoms with Crippen molar-refractivity contribution in [3.8, 4) is 0 Å². The van der Waals surface area contributed by atoms with Crippen LogP contribution < -0.4 is 11.1 Å². The van der Waals surface area contributed by atoms with Gasteiger partial charge in [-0.05, 0) is 55.6 Å². The monoisotopic (exact) mass is 372 g/mol. The van der Waals surface area contributed by atoms with Gasteiger partial charge in [0.25, 0.3) is 0 Å². The van der Waals surface area contributed by atoms with E-state index in [9.17, 15) is 0 Å². The second-order valence-electron chi connectivity index (χ2n) is 5.69. The zero-order valence-electron chi connectivity index (χ0n) is 11.0. The number of hydrogen-bond donors (Lipinski definition) is 2. The lowest BCUT2D eigenvalue weighted by Crippen LogP contribution is -2.26. The van der Waals surface area contributed by atoms with E-state index in [1.54, 1.807) is 6.20 Å². The number of aliphatic imine (C=N–C) groups is 1. The van der Waals surface area contributed by atoms with Crippen molar-refractivity contribution < 1.29 is 0 Å². The van der Waals surface area contributed by atoms with Gasteiger partial charge in [0, 0.05) is 12.7 Å². The summed E-state index contributed by atoms with van der Waals surface area (Å²) < 4.78 is 0. The lowest BCUT2D eigenvalue weighted by Gasteiger charge is -2.24. The molecule has 0 spiro atoms. The van der Waals surface area contributed by atoms with Gasteiger partial charge >= 0.3 is 0 Å². The molecule has 19 heavy (non-hydrogen) atoms. The van der Waals surface area contributed by atoms with E-state index in [1.165, 1.54) is 32.1 Å². The highest BCUT2D eigenvalue weighted by atomic mass is 127. The lowest BCUT2D eigenvalue weighted by atomic mass is 9.84. The third kappa shape index (κ3) is 3.38. The molecule has 0 saturated heterocycles. The van der Waals surface area contributed by atoms with Gasteiger partial charge in [-0.1, -0.05) is 6.07 Å². The Kier molecular flexibility index (Phi) is 4.65. The van der Waals surface area contributed by atoms with Gasteiger partial charge < -0.3 is 11.1 Å². The van der Waals surface area contributed by atoms with Gasteiger partial charge in [0.2, 0.25) is 0 Å². The summed E-state index contributed by atoms with van der Waals surface area (Å²) in [5, 5.41) is 3.04. The molecule has 3 rings (SSSR count). The molecule has 2 saturated carbocycles. The van der Waals surface area contributed by atoms with Crippen molar-refractivity contribution in [1.29, 1.82) is 0 Å². The average molecular weight is 372 g/mol. The molecule has 0 aliphatic heterocycles. The van der Waals surface area contributed by atoms with E-state index in [0.717, 1.165) is 18.3 Å². The Hall–Kier alpha value is -0.850. The van der Waals surface area contributed by atoms with Gasteiger partial charge in [0.15, 0.2) is 5.96 Å². The summed E-state index contributed by atoms with van der Waals surface area (Å²) in [7, 11) is 0. The normalized spacial score (nSPS) is 29.1. The minimum Gasteiger partial charge on any atom is -0.370 e. The van der Waals surface area contributed by atoms with Crippen LogP contribution in [0.25, 0.3) is 0 Å². The molecular formula is C14H21IN4. The molecular weight excluding hydrogens is 351 g/mol. The van der Waals surface area contributed by atoms with Crippen molar-refractivity contribution in [3.05, 3.63) is 24.4 Å². The Morgan fingerprint density at radius 2 is 2.21 bits per heavy atom. The number of fused-ring (bicyclic) bond motifs is 2. The van der Waals surface area contributed by atoms with Gasteiger partial charge in [-0.25, -0.2) is 4.98 Å². The van der Waals surface area contributed by atoms with Crippen LogP contribution in [0.1, 0.15) is 32.1 Å². The largest absolute Gasteiger partial charge is 0.370 e. The van der Waals surface area contributed by atoms with Crippen molar-refractivity contribution in [2.75, 3.05) is 11.9 Å². The smallest absolute Gasteiger partial charge is 0.194 e. The number of aromatic nitrogens is 1. The molecule has 5 heteroatoms. The van der Waals surface area contributed by atoms with Gasteiger partial charge in [-0.3, -0.25) is 4.99 Å². The maximum absolute atomic E-state index is 5.91. The second kappa shape index (κ2) is 6.07. The number of halogens is 1. The number of nitrogens with two attached hydrogens (primary N) is 1. The standard InChI is InChI=1S/C14H20N4.HI/c15-13(18-12-3-1-2-8-16-12)17-10-14-6-4-11(9-14)5-7-14;/h1-3,8,11H,4-7,9-10H2,(H3,15,16,17,18);1H. The second-order valence-corrected chi connectivity index (χ2v) is 5.69. The number of anilines is 1. The van der Waals surface area contributed by atoms with E-state index in [4.69, 9.17) is 5.73 Å². The maximum atomic E-state index is 5.91. The minimum absolute atomic E-state index is 0. The van der Waals surface area contributed by atoms with E-state index in [-0.39, 0.29) is 24.0 Å². The number of nitrogens with zero attached hydrogens (tertiary/aromatic N) is 2. The number of rotatable bonds is 3. The molecule has 104 valence electrons. The Morgan fingerprint density at radius 1 is 1.42 bits per heavy atom. The summed E-state index contributed by atoms with van der Waals surface area (Å²) in [6.07, 6.45) is 8.54. The van der Waals surface area contributed by atoms with Crippen LogP contribution in [0, 0.1) is 11.3 Å². The number of hydrogen-bond acceptors (Lipinski definition) is 2. The van der Waals surface area contributed by atoms with Gasteiger partial charge in [-0.15, -0.1) is 24.0 Å². The van der Waals surface area contributed by atoms with Crippen LogP contribution >= 0.6 is 24.0 Å². The summed E-state index contributed by atoms with van der Waals surface area (Å²) >= 11 is 0. The Labute approximate surface area is 131 Å². The van der Waals surface area contributed by atoms with E-state index in [1.807, 2.05) is 18.2 Å². The zero-order chi connectivity index (χ0) is 12.4. The van der Waals surface area contributed by atoms with Crippen LogP contribution in [0.15, 0.2) is 29.4 Å². The van der Waals surface area contributed by atoms with Crippen molar-refractivity contribution >= 4 is 35.8 Å². The Balaban J connectivity index is 0.00000133. The van der Waals surface area contributed by atoms with Crippen LogP contribution in [-0.4, -0.2) is 17.5 Å². The van der Waals surface area contributed by atoms with E-state index < -0.39 is 0 Å². The van der Waals surface area contributed by atoms with Crippen LogP contribution in [0.4, 0.5) is 5.82 Å². The molecule has 0 radical (unpaired) electrons. The SMILES string of the molecule is I.NC(=NCC12CCC(CC1)C2)Nc1ccccn1. The molecule has 2 aliphatic rings. The molecule has 1 aromatic rings. The quantitative estimate of drug-likeness (QED) is 0.487. The number of guanidine groups is 1. The maximum Gasteiger partial charge on any atom is 0.194 e. The summed E-state index contributed by atoms with van der Waals surface area (Å²) in [4.78, 5) is 8.69. The molecule has 3 N–H and O–H groups in total. The molecule has 0 unspecified atom stereocenters. The molecule has 2 bridgehead atoms. The average Bonchev–Trinajstić information content (AvgIpc) is 2.99. The molecule has 1 heterocycles.